The van der Waals surface area contributed by atoms with E-state index in [1.807, 2.05) is 12.1 Å². The summed E-state index contributed by atoms with van der Waals surface area (Å²) in [6, 6.07) is 12.3. The number of carbonyl (C=O) groups excluding carboxylic acids is 1. The quantitative estimate of drug-likeness (QED) is 0.560. The summed E-state index contributed by atoms with van der Waals surface area (Å²) in [5.41, 5.74) is 2.06. The van der Waals surface area contributed by atoms with Gasteiger partial charge in [0.1, 0.15) is 0 Å². The number of hydrogen-bond acceptors (Lipinski definition) is 2. The first kappa shape index (κ1) is 18.0. The summed E-state index contributed by atoms with van der Waals surface area (Å²) in [5.74, 6) is -0.130. The lowest BCUT2D eigenvalue weighted by molar-refractivity contribution is 0.0983. The van der Waals surface area contributed by atoms with Crippen molar-refractivity contribution in [2.24, 2.45) is 0 Å². The van der Waals surface area contributed by atoms with Gasteiger partial charge < -0.3 is 10.4 Å². The van der Waals surface area contributed by atoms with Crippen LogP contribution in [0, 0.1) is 0 Å². The van der Waals surface area contributed by atoms with Crippen LogP contribution in [0.15, 0.2) is 42.5 Å². The normalized spacial score (nSPS) is 10.8. The number of carbonyl (C=O) groups is 2. The highest BCUT2D eigenvalue weighted by Crippen LogP contribution is 2.26. The zero-order chi connectivity index (χ0) is 17.5. The van der Waals surface area contributed by atoms with Crippen molar-refractivity contribution >= 4 is 47.2 Å². The van der Waals surface area contributed by atoms with E-state index in [1.54, 1.807) is 42.5 Å². The van der Waals surface area contributed by atoms with Gasteiger partial charge in [-0.1, -0.05) is 59.6 Å². The molecular formula is C18H15Cl2NO3. The number of rotatable bonds is 6. The summed E-state index contributed by atoms with van der Waals surface area (Å²) >= 11 is 12.2. The molecule has 0 aromatic heterocycles. The van der Waals surface area contributed by atoms with Gasteiger partial charge in [0.15, 0.2) is 5.78 Å². The zero-order valence-electron chi connectivity index (χ0n) is 12.6. The van der Waals surface area contributed by atoms with E-state index in [1.165, 1.54) is 0 Å². The Labute approximate surface area is 149 Å². The van der Waals surface area contributed by atoms with Crippen LogP contribution in [0.3, 0.4) is 0 Å². The molecule has 0 aliphatic carbocycles. The van der Waals surface area contributed by atoms with Crippen LogP contribution >= 0.6 is 23.2 Å². The minimum absolute atomic E-state index is 0.0868. The molecule has 2 rings (SSSR count). The number of Topliss-reactive ketones (excluding diaryl/α,β-unsaturated/α-hetero) is 1. The van der Waals surface area contributed by atoms with Crippen LogP contribution in [0.5, 0.6) is 0 Å². The fourth-order valence-corrected chi connectivity index (χ4v) is 2.62. The van der Waals surface area contributed by atoms with Crippen molar-refractivity contribution in [1.82, 2.24) is 5.32 Å². The predicted octanol–water partition coefficient (Wildman–Crippen LogP) is 5.00. The summed E-state index contributed by atoms with van der Waals surface area (Å²) in [5, 5.41) is 11.8. The fourth-order valence-electron chi connectivity index (χ4n) is 2.09. The minimum Gasteiger partial charge on any atom is -0.465 e. The number of halogens is 2. The Morgan fingerprint density at radius 3 is 2.38 bits per heavy atom. The third-order valence-corrected chi connectivity index (χ3v) is 3.94. The predicted molar refractivity (Wildman–Crippen MR) is 96.8 cm³/mol. The van der Waals surface area contributed by atoms with E-state index >= 15 is 0 Å². The first-order valence-electron chi connectivity index (χ1n) is 7.19. The van der Waals surface area contributed by atoms with Gasteiger partial charge in [-0.25, -0.2) is 4.79 Å². The lowest BCUT2D eigenvalue weighted by Gasteiger charge is -2.04. The van der Waals surface area contributed by atoms with Crippen LogP contribution < -0.4 is 5.32 Å². The van der Waals surface area contributed by atoms with Crippen molar-refractivity contribution < 1.29 is 14.7 Å². The highest BCUT2D eigenvalue weighted by atomic mass is 35.5. The third-order valence-electron chi connectivity index (χ3n) is 3.28. The van der Waals surface area contributed by atoms with Gasteiger partial charge in [-0.15, -0.1) is 0 Å². The van der Waals surface area contributed by atoms with Crippen LogP contribution in [0.1, 0.15) is 27.9 Å². The number of hydrogen-bond donors (Lipinski definition) is 2. The average molecular weight is 364 g/mol. The third kappa shape index (κ3) is 5.11. The largest absolute Gasteiger partial charge is 0.465 e. The molecule has 0 bridgehead atoms. The van der Waals surface area contributed by atoms with E-state index in [9.17, 15) is 9.59 Å². The maximum Gasteiger partial charge on any atom is 0.404 e. The molecule has 2 N–H and O–H groups in total. The fraction of sp³-hybridized carbons (Fsp3) is 0.111. The zero-order valence-corrected chi connectivity index (χ0v) is 14.1. The molecule has 4 nitrogen and oxygen atoms in total. The van der Waals surface area contributed by atoms with Crippen LogP contribution in [0.2, 0.25) is 10.0 Å². The molecule has 0 unspecified atom stereocenters. The van der Waals surface area contributed by atoms with Crippen molar-refractivity contribution in [3.63, 3.8) is 0 Å². The van der Waals surface area contributed by atoms with Crippen molar-refractivity contribution in [2.45, 2.75) is 6.42 Å². The van der Waals surface area contributed by atoms with Crippen LogP contribution in [-0.2, 0) is 0 Å². The molecule has 6 heteroatoms. The molecule has 0 atom stereocenters. The van der Waals surface area contributed by atoms with Gasteiger partial charge in [-0.05, 0) is 23.8 Å². The highest BCUT2D eigenvalue weighted by Gasteiger charge is 2.07. The molecule has 0 aliphatic rings. The summed E-state index contributed by atoms with van der Waals surface area (Å²) < 4.78 is 0. The molecular weight excluding hydrogens is 349 g/mol. The Hall–Kier alpha value is -2.30. The Kier molecular flexibility index (Phi) is 6.41. The molecule has 0 fully saturated rings. The molecule has 2 aromatic rings. The molecule has 0 heterocycles. The van der Waals surface area contributed by atoms with Gasteiger partial charge in [0, 0.05) is 34.1 Å². The number of amides is 1. The number of carboxylic acid groups (broad SMARTS) is 1. The Morgan fingerprint density at radius 1 is 1.04 bits per heavy atom. The second-order valence-corrected chi connectivity index (χ2v) is 5.81. The molecule has 0 saturated carbocycles. The van der Waals surface area contributed by atoms with Crippen molar-refractivity contribution in [1.29, 1.82) is 0 Å². The topological polar surface area (TPSA) is 66.4 Å². The van der Waals surface area contributed by atoms with Crippen LogP contribution in [-0.4, -0.2) is 23.5 Å². The molecule has 2 aromatic carbocycles. The smallest absolute Gasteiger partial charge is 0.404 e. The van der Waals surface area contributed by atoms with Crippen molar-refractivity contribution in [3.05, 3.63) is 69.2 Å². The Morgan fingerprint density at radius 2 is 1.71 bits per heavy atom. The SMILES string of the molecule is O=C(O)NCCC(=O)c1cccc(/C=C/c2c(Cl)cccc2Cl)c1. The van der Waals surface area contributed by atoms with Crippen LogP contribution in [0.25, 0.3) is 12.2 Å². The molecule has 124 valence electrons. The van der Waals surface area contributed by atoms with E-state index < -0.39 is 6.09 Å². The number of benzene rings is 2. The van der Waals surface area contributed by atoms with E-state index in [2.05, 4.69) is 5.32 Å². The van der Waals surface area contributed by atoms with Crippen LogP contribution in [0.4, 0.5) is 4.79 Å². The Balaban J connectivity index is 2.11. The Bertz CT molecular complexity index is 767. The monoisotopic (exact) mass is 363 g/mol. The maximum absolute atomic E-state index is 12.1. The first-order chi connectivity index (χ1) is 11.5. The molecule has 0 aliphatic heterocycles. The van der Waals surface area contributed by atoms with E-state index in [0.717, 1.165) is 5.56 Å². The van der Waals surface area contributed by atoms with Gasteiger partial charge in [0.05, 0.1) is 0 Å². The molecule has 0 spiro atoms. The van der Waals surface area contributed by atoms with Gasteiger partial charge in [-0.2, -0.15) is 0 Å². The van der Waals surface area contributed by atoms with Gasteiger partial charge in [-0.3, -0.25) is 4.79 Å². The first-order valence-corrected chi connectivity index (χ1v) is 7.95. The minimum atomic E-state index is -1.14. The summed E-state index contributed by atoms with van der Waals surface area (Å²) in [4.78, 5) is 22.5. The average Bonchev–Trinajstić information content (AvgIpc) is 2.54. The highest BCUT2D eigenvalue weighted by molar-refractivity contribution is 6.37. The van der Waals surface area contributed by atoms with E-state index in [0.29, 0.717) is 21.2 Å². The lowest BCUT2D eigenvalue weighted by atomic mass is 10.0. The van der Waals surface area contributed by atoms with Crippen molar-refractivity contribution in [3.8, 4) is 0 Å². The second kappa shape index (κ2) is 8.52. The number of ketones is 1. The molecule has 0 saturated heterocycles. The lowest BCUT2D eigenvalue weighted by Crippen LogP contribution is -2.23. The second-order valence-electron chi connectivity index (χ2n) is 5.00. The summed E-state index contributed by atoms with van der Waals surface area (Å²) in [6.07, 6.45) is 2.58. The van der Waals surface area contributed by atoms with E-state index in [-0.39, 0.29) is 18.7 Å². The molecule has 1 amide bonds. The summed E-state index contributed by atoms with van der Waals surface area (Å²) in [6.45, 7) is 0.0868. The van der Waals surface area contributed by atoms with Gasteiger partial charge in [0.2, 0.25) is 0 Å². The van der Waals surface area contributed by atoms with E-state index in [4.69, 9.17) is 28.3 Å². The van der Waals surface area contributed by atoms with Gasteiger partial charge in [0.25, 0.3) is 0 Å². The van der Waals surface area contributed by atoms with Crippen molar-refractivity contribution in [2.75, 3.05) is 6.54 Å². The summed E-state index contributed by atoms with van der Waals surface area (Å²) in [7, 11) is 0. The number of nitrogens with one attached hydrogen (secondary N) is 1. The standard InChI is InChI=1S/C18H15Cl2NO3/c19-15-5-2-6-16(20)14(15)8-7-12-3-1-4-13(11-12)17(22)9-10-21-18(23)24/h1-8,11,21H,9-10H2,(H,23,24)/b8-7+. The van der Waals surface area contributed by atoms with Gasteiger partial charge >= 0.3 is 6.09 Å². The molecule has 0 radical (unpaired) electrons. The maximum atomic E-state index is 12.1. The molecule has 24 heavy (non-hydrogen) atoms.